The van der Waals surface area contributed by atoms with Gasteiger partial charge in [0.15, 0.2) is 24.6 Å². The highest BCUT2D eigenvalue weighted by atomic mass is 16.7. The summed E-state index contributed by atoms with van der Waals surface area (Å²) in [5, 5.41) is 31.6. The fraction of sp³-hybridized carbons (Fsp3) is 0.791. The van der Waals surface area contributed by atoms with Crippen LogP contribution in [0.15, 0.2) is 60.8 Å². The van der Waals surface area contributed by atoms with Crippen molar-refractivity contribution in [2.75, 3.05) is 13.2 Å². The fourth-order valence-corrected chi connectivity index (χ4v) is 9.58. The monoisotopic (exact) mass is 1110 g/mol. The number of carbonyl (C=O) groups excluding carboxylic acids is 3. The van der Waals surface area contributed by atoms with E-state index in [9.17, 15) is 34.5 Å². The third-order valence-electron chi connectivity index (χ3n) is 14.6. The van der Waals surface area contributed by atoms with E-state index in [1.165, 1.54) is 109 Å². The first-order valence-corrected chi connectivity index (χ1v) is 32.3. The number of aliphatic carboxylic acids is 1. The molecule has 0 amide bonds. The zero-order chi connectivity index (χ0) is 57.5. The van der Waals surface area contributed by atoms with Gasteiger partial charge in [0, 0.05) is 19.3 Å². The van der Waals surface area contributed by atoms with Gasteiger partial charge in [0.1, 0.15) is 18.8 Å². The largest absolute Gasteiger partial charge is 0.479 e. The molecule has 0 aromatic heterocycles. The van der Waals surface area contributed by atoms with Crippen molar-refractivity contribution in [2.24, 2.45) is 0 Å². The second kappa shape index (κ2) is 55.0. The van der Waals surface area contributed by atoms with Crippen LogP contribution in [0.2, 0.25) is 0 Å². The van der Waals surface area contributed by atoms with E-state index in [4.69, 9.17) is 23.7 Å². The van der Waals surface area contributed by atoms with Crippen LogP contribution in [0, 0.1) is 0 Å². The Labute approximate surface area is 481 Å². The average molecular weight is 1110 g/mol. The van der Waals surface area contributed by atoms with Crippen molar-refractivity contribution >= 4 is 23.9 Å². The van der Waals surface area contributed by atoms with E-state index < -0.39 is 67.3 Å². The van der Waals surface area contributed by atoms with Crippen LogP contribution in [0.25, 0.3) is 0 Å². The molecule has 456 valence electrons. The number of carboxylic acid groups (broad SMARTS) is 1. The van der Waals surface area contributed by atoms with E-state index in [2.05, 4.69) is 81.5 Å². The van der Waals surface area contributed by atoms with Crippen molar-refractivity contribution in [2.45, 2.75) is 327 Å². The zero-order valence-electron chi connectivity index (χ0n) is 50.4. The second-order valence-electron chi connectivity index (χ2n) is 22.0. The minimum absolute atomic E-state index is 0.0604. The van der Waals surface area contributed by atoms with E-state index >= 15 is 0 Å². The number of hydrogen-bond donors (Lipinski definition) is 3. The summed E-state index contributed by atoms with van der Waals surface area (Å²) in [6, 6.07) is 0. The van der Waals surface area contributed by atoms with Crippen molar-refractivity contribution < 1.29 is 58.2 Å². The minimum atomic E-state index is -1.91. The average Bonchev–Trinajstić information content (AvgIpc) is 3.46. The lowest BCUT2D eigenvalue weighted by molar-refractivity contribution is -0.301. The maximum Gasteiger partial charge on any atom is 0.335 e. The molecule has 1 aliphatic heterocycles. The molecule has 0 aromatic carbocycles. The first-order chi connectivity index (χ1) is 38.6. The maximum absolute atomic E-state index is 13.2. The van der Waals surface area contributed by atoms with Crippen LogP contribution in [-0.2, 0) is 42.9 Å². The Balaban J connectivity index is 2.67. The predicted octanol–water partition coefficient (Wildman–Crippen LogP) is 17.1. The highest BCUT2D eigenvalue weighted by Gasteiger charge is 2.50. The molecule has 1 aliphatic rings. The van der Waals surface area contributed by atoms with Gasteiger partial charge in [-0.3, -0.25) is 14.4 Å². The number of carboxylic acids is 1. The first-order valence-electron chi connectivity index (χ1n) is 32.3. The Kier molecular flexibility index (Phi) is 51.1. The summed E-state index contributed by atoms with van der Waals surface area (Å²) >= 11 is 0. The third-order valence-corrected chi connectivity index (χ3v) is 14.6. The van der Waals surface area contributed by atoms with Crippen molar-refractivity contribution in [3.05, 3.63) is 60.8 Å². The number of carbonyl (C=O) groups is 4. The molecule has 1 saturated heterocycles. The van der Waals surface area contributed by atoms with E-state index in [1.807, 2.05) is 0 Å². The molecule has 6 atom stereocenters. The highest BCUT2D eigenvalue weighted by molar-refractivity contribution is 5.74. The van der Waals surface area contributed by atoms with Crippen LogP contribution in [0.1, 0.15) is 290 Å². The molecule has 1 heterocycles. The molecule has 0 radical (unpaired) electrons. The van der Waals surface area contributed by atoms with Crippen LogP contribution in [0.4, 0.5) is 0 Å². The number of unbranched alkanes of at least 4 members (excludes halogenated alkanes) is 31. The lowest BCUT2D eigenvalue weighted by Gasteiger charge is -2.40. The topological polar surface area (TPSA) is 175 Å². The lowest BCUT2D eigenvalue weighted by Crippen LogP contribution is -2.61. The van der Waals surface area contributed by atoms with Gasteiger partial charge in [-0.05, 0) is 89.9 Å². The Hall–Kier alpha value is -3.58. The Morgan fingerprint density at radius 3 is 1.18 bits per heavy atom. The molecular weight excluding hydrogens is 997 g/mol. The van der Waals surface area contributed by atoms with Gasteiger partial charge < -0.3 is 39.0 Å². The van der Waals surface area contributed by atoms with Crippen LogP contribution in [0.3, 0.4) is 0 Å². The van der Waals surface area contributed by atoms with Gasteiger partial charge in [0.05, 0.1) is 6.61 Å². The van der Waals surface area contributed by atoms with Crippen molar-refractivity contribution in [3.63, 3.8) is 0 Å². The first kappa shape index (κ1) is 73.4. The van der Waals surface area contributed by atoms with E-state index in [0.29, 0.717) is 19.3 Å². The molecule has 0 saturated carbocycles. The van der Waals surface area contributed by atoms with Gasteiger partial charge in [0.2, 0.25) is 0 Å². The molecular formula is C67H116O12. The van der Waals surface area contributed by atoms with Crippen molar-refractivity contribution in [1.29, 1.82) is 0 Å². The van der Waals surface area contributed by atoms with Gasteiger partial charge in [0.25, 0.3) is 0 Å². The molecule has 0 spiro atoms. The number of hydrogen-bond acceptors (Lipinski definition) is 11. The summed E-state index contributed by atoms with van der Waals surface area (Å²) in [6.45, 7) is 5.95. The number of ether oxygens (including phenoxy) is 5. The standard InChI is InChI=1S/C67H116O12/c1-4-7-10-13-16-19-22-25-28-29-30-31-34-35-38-41-44-47-50-53-59(68)75-56-58(77-60(69)54-51-48-45-42-39-36-32-26-23-20-17-14-11-8-5-2)57-76-67-65(63(72)62(71)64(79-67)66(73)74)78-61(70)55-52-49-46-43-40-37-33-27-24-21-18-15-12-9-6-3/h16-17,19-20,25-26,28,30-32,58,62-65,67,71-72H,4-15,18,21-24,27,29,33-57H2,1-3H3,(H,73,74)/b19-16-,20-17-,28-25-,31-30-,32-26-. The summed E-state index contributed by atoms with van der Waals surface area (Å²) in [5.41, 5.74) is 0. The smallest absolute Gasteiger partial charge is 0.335 e. The number of aliphatic hydroxyl groups excluding tert-OH is 2. The Morgan fingerprint density at radius 1 is 0.418 bits per heavy atom. The molecule has 1 rings (SSSR count). The lowest BCUT2D eigenvalue weighted by atomic mass is 9.98. The third kappa shape index (κ3) is 44.7. The van der Waals surface area contributed by atoms with Crippen LogP contribution in [-0.4, -0.2) is 89.2 Å². The predicted molar refractivity (Wildman–Crippen MR) is 322 cm³/mol. The summed E-state index contributed by atoms with van der Waals surface area (Å²) in [7, 11) is 0. The molecule has 0 aromatic rings. The van der Waals surface area contributed by atoms with E-state index in [-0.39, 0.29) is 25.9 Å². The van der Waals surface area contributed by atoms with Crippen molar-refractivity contribution in [1.82, 2.24) is 0 Å². The van der Waals surface area contributed by atoms with Gasteiger partial charge in [-0.25, -0.2) is 4.79 Å². The SMILES string of the molecule is CCCCC/C=C\C/C=C\C/C=C\CCCCCCCCC(=O)OCC(COC1OC(C(=O)O)C(O)C(O)C1OC(=O)CCCCCCCCCCCCCCCCC)OC(=O)CCCCCCC/C=C\C/C=C\CCCCC. The summed E-state index contributed by atoms with van der Waals surface area (Å²) in [6.07, 6.45) is 56.0. The van der Waals surface area contributed by atoms with Crippen LogP contribution >= 0.6 is 0 Å². The highest BCUT2D eigenvalue weighted by Crippen LogP contribution is 2.27. The van der Waals surface area contributed by atoms with Crippen LogP contribution in [0.5, 0.6) is 0 Å². The van der Waals surface area contributed by atoms with E-state index in [1.54, 1.807) is 0 Å². The van der Waals surface area contributed by atoms with Crippen molar-refractivity contribution in [3.8, 4) is 0 Å². The quantitative estimate of drug-likeness (QED) is 0.0228. The number of esters is 3. The fourth-order valence-electron chi connectivity index (χ4n) is 9.58. The molecule has 0 aliphatic carbocycles. The Morgan fingerprint density at radius 2 is 0.759 bits per heavy atom. The Bertz CT molecular complexity index is 1600. The van der Waals surface area contributed by atoms with Gasteiger partial charge >= 0.3 is 23.9 Å². The molecule has 12 nitrogen and oxygen atoms in total. The minimum Gasteiger partial charge on any atom is -0.479 e. The van der Waals surface area contributed by atoms with E-state index in [0.717, 1.165) is 122 Å². The molecule has 1 fully saturated rings. The summed E-state index contributed by atoms with van der Waals surface area (Å²) < 4.78 is 28.5. The molecule has 0 bridgehead atoms. The van der Waals surface area contributed by atoms with Gasteiger partial charge in [-0.1, -0.05) is 242 Å². The van der Waals surface area contributed by atoms with Crippen LogP contribution < -0.4 is 0 Å². The number of aliphatic hydroxyl groups is 2. The summed E-state index contributed by atoms with van der Waals surface area (Å²) in [5.74, 6) is -3.13. The number of rotatable bonds is 55. The normalized spacial score (nSPS) is 18.2. The van der Waals surface area contributed by atoms with Gasteiger partial charge in [-0.2, -0.15) is 0 Å². The molecule has 3 N–H and O–H groups in total. The molecule has 79 heavy (non-hydrogen) atoms. The molecule has 6 unspecified atom stereocenters. The maximum atomic E-state index is 13.2. The summed E-state index contributed by atoms with van der Waals surface area (Å²) in [4.78, 5) is 51.3. The number of allylic oxidation sites excluding steroid dienone is 10. The second-order valence-corrected chi connectivity index (χ2v) is 22.0. The van der Waals surface area contributed by atoms with Gasteiger partial charge in [-0.15, -0.1) is 0 Å². The zero-order valence-corrected chi connectivity index (χ0v) is 50.4. The molecule has 12 heteroatoms.